The molecule has 110 valence electrons. The summed E-state index contributed by atoms with van der Waals surface area (Å²) in [5, 5.41) is 13.0. The topological polar surface area (TPSA) is 52.6 Å². The van der Waals surface area contributed by atoms with E-state index in [2.05, 4.69) is 5.32 Å². The Morgan fingerprint density at radius 2 is 2.25 bits per heavy atom. The Bertz CT molecular complexity index is 487. The Labute approximate surface area is 120 Å². The monoisotopic (exact) mass is 276 g/mol. The van der Waals surface area contributed by atoms with E-state index in [4.69, 9.17) is 0 Å². The normalized spacial score (nSPS) is 22.7. The van der Waals surface area contributed by atoms with Crippen LogP contribution in [0.1, 0.15) is 36.2 Å². The smallest absolute Gasteiger partial charge is 0.255 e. The zero-order valence-corrected chi connectivity index (χ0v) is 12.5. The van der Waals surface area contributed by atoms with Crippen molar-refractivity contribution in [1.29, 1.82) is 0 Å². The number of anilines is 1. The second kappa shape index (κ2) is 6.27. The second-order valence-electron chi connectivity index (χ2n) is 5.66. The molecule has 1 saturated heterocycles. The third-order valence-electron chi connectivity index (χ3n) is 3.92. The summed E-state index contributed by atoms with van der Waals surface area (Å²) in [6.07, 6.45) is 0.375. The zero-order chi connectivity index (χ0) is 14.7. The summed E-state index contributed by atoms with van der Waals surface area (Å²) in [6, 6.07) is 5.92. The predicted octanol–water partition coefficient (Wildman–Crippen LogP) is 2.27. The third kappa shape index (κ3) is 3.12. The highest BCUT2D eigenvalue weighted by Crippen LogP contribution is 2.23. The average Bonchev–Trinajstić information content (AvgIpc) is 2.43. The summed E-state index contributed by atoms with van der Waals surface area (Å²) in [5.41, 5.74) is 2.71. The Morgan fingerprint density at radius 1 is 1.50 bits per heavy atom. The molecule has 20 heavy (non-hydrogen) atoms. The fraction of sp³-hybridized carbons (Fsp3) is 0.562. The van der Waals surface area contributed by atoms with E-state index in [0.29, 0.717) is 19.5 Å². The number of carbonyl (C=O) groups is 1. The molecule has 0 saturated carbocycles. The molecular formula is C16H24N2O2. The molecule has 0 spiro atoms. The first-order valence-corrected chi connectivity index (χ1v) is 7.34. The first kappa shape index (κ1) is 14.9. The lowest BCUT2D eigenvalue weighted by Crippen LogP contribution is -2.45. The maximum atomic E-state index is 12.7. The number of hydrogen-bond acceptors (Lipinski definition) is 3. The standard InChI is InChI=1S/C16H24N2O2/c1-4-17-14-6-5-11(2)9-13(14)16(20)18-8-7-15(19)12(3)10-18/h5-6,9,12,15,17,19H,4,7-8,10H2,1-3H3. The number of aliphatic hydroxyl groups excluding tert-OH is 1. The highest BCUT2D eigenvalue weighted by atomic mass is 16.3. The van der Waals surface area contributed by atoms with Crippen molar-refractivity contribution in [2.45, 2.75) is 33.3 Å². The van der Waals surface area contributed by atoms with Crippen LogP contribution in [0.15, 0.2) is 18.2 Å². The van der Waals surface area contributed by atoms with Crippen LogP contribution in [-0.4, -0.2) is 41.7 Å². The van der Waals surface area contributed by atoms with Crippen molar-refractivity contribution in [3.8, 4) is 0 Å². The number of nitrogens with one attached hydrogen (secondary N) is 1. The van der Waals surface area contributed by atoms with Crippen LogP contribution in [0.5, 0.6) is 0 Å². The van der Waals surface area contributed by atoms with Crippen molar-refractivity contribution in [2.75, 3.05) is 25.0 Å². The number of rotatable bonds is 3. The number of carbonyl (C=O) groups excluding carboxylic acids is 1. The molecule has 1 aliphatic rings. The fourth-order valence-corrected chi connectivity index (χ4v) is 2.67. The molecule has 1 aliphatic heterocycles. The minimum absolute atomic E-state index is 0.0587. The third-order valence-corrected chi connectivity index (χ3v) is 3.92. The van der Waals surface area contributed by atoms with Gasteiger partial charge in [-0.25, -0.2) is 0 Å². The van der Waals surface area contributed by atoms with Gasteiger partial charge in [-0.15, -0.1) is 0 Å². The number of aliphatic hydroxyl groups is 1. The maximum absolute atomic E-state index is 12.7. The van der Waals surface area contributed by atoms with E-state index < -0.39 is 0 Å². The molecule has 2 atom stereocenters. The molecule has 4 heteroatoms. The van der Waals surface area contributed by atoms with Gasteiger partial charge in [0, 0.05) is 25.3 Å². The Kier molecular flexibility index (Phi) is 4.65. The van der Waals surface area contributed by atoms with Crippen LogP contribution in [0.3, 0.4) is 0 Å². The van der Waals surface area contributed by atoms with Crippen molar-refractivity contribution in [2.24, 2.45) is 5.92 Å². The number of benzene rings is 1. The minimum atomic E-state index is -0.287. The molecule has 0 bridgehead atoms. The summed E-state index contributed by atoms with van der Waals surface area (Å²) in [7, 11) is 0. The molecule has 0 aliphatic carbocycles. The van der Waals surface area contributed by atoms with Gasteiger partial charge in [-0.1, -0.05) is 18.6 Å². The van der Waals surface area contributed by atoms with E-state index in [1.165, 1.54) is 0 Å². The van der Waals surface area contributed by atoms with E-state index in [1.807, 2.05) is 43.9 Å². The first-order chi connectivity index (χ1) is 9.52. The van der Waals surface area contributed by atoms with Crippen molar-refractivity contribution >= 4 is 11.6 Å². The van der Waals surface area contributed by atoms with Gasteiger partial charge in [0.15, 0.2) is 0 Å². The van der Waals surface area contributed by atoms with Crippen LogP contribution >= 0.6 is 0 Å². The molecule has 2 rings (SSSR count). The summed E-state index contributed by atoms with van der Waals surface area (Å²) < 4.78 is 0. The molecule has 1 heterocycles. The molecule has 0 aromatic heterocycles. The number of hydrogen-bond donors (Lipinski definition) is 2. The molecule has 4 nitrogen and oxygen atoms in total. The molecule has 2 N–H and O–H groups in total. The highest BCUT2D eigenvalue weighted by molar-refractivity contribution is 5.99. The summed E-state index contributed by atoms with van der Waals surface area (Å²) in [6.45, 7) is 8.05. The quantitative estimate of drug-likeness (QED) is 0.890. The molecular weight excluding hydrogens is 252 g/mol. The second-order valence-corrected chi connectivity index (χ2v) is 5.66. The van der Waals surface area contributed by atoms with Crippen LogP contribution in [0.2, 0.25) is 0 Å². The number of nitrogens with zero attached hydrogens (tertiary/aromatic N) is 1. The Hall–Kier alpha value is -1.55. The summed E-state index contributed by atoms with van der Waals surface area (Å²) >= 11 is 0. The van der Waals surface area contributed by atoms with E-state index in [0.717, 1.165) is 23.4 Å². The van der Waals surface area contributed by atoms with Crippen LogP contribution in [0, 0.1) is 12.8 Å². The Balaban J connectivity index is 2.22. The zero-order valence-electron chi connectivity index (χ0n) is 12.5. The van der Waals surface area contributed by atoms with Gasteiger partial charge in [-0.3, -0.25) is 4.79 Å². The van der Waals surface area contributed by atoms with E-state index in [-0.39, 0.29) is 17.9 Å². The first-order valence-electron chi connectivity index (χ1n) is 7.34. The molecule has 0 radical (unpaired) electrons. The SMILES string of the molecule is CCNc1ccc(C)cc1C(=O)N1CCC(O)C(C)C1. The van der Waals surface area contributed by atoms with Crippen molar-refractivity contribution in [3.63, 3.8) is 0 Å². The molecule has 1 fully saturated rings. The number of piperidine rings is 1. The molecule has 1 amide bonds. The molecule has 1 aromatic carbocycles. The summed E-state index contributed by atoms with van der Waals surface area (Å²) in [4.78, 5) is 14.6. The van der Waals surface area contributed by atoms with Gasteiger partial charge in [-0.2, -0.15) is 0 Å². The van der Waals surface area contributed by atoms with Crippen LogP contribution in [0.25, 0.3) is 0 Å². The van der Waals surface area contributed by atoms with E-state index >= 15 is 0 Å². The van der Waals surface area contributed by atoms with E-state index in [9.17, 15) is 9.90 Å². The fourth-order valence-electron chi connectivity index (χ4n) is 2.67. The van der Waals surface area contributed by atoms with Gasteiger partial charge in [0.05, 0.1) is 11.7 Å². The molecule has 1 aromatic rings. The van der Waals surface area contributed by atoms with Crippen LogP contribution in [0.4, 0.5) is 5.69 Å². The lowest BCUT2D eigenvalue weighted by Gasteiger charge is -2.34. The Morgan fingerprint density at radius 3 is 2.90 bits per heavy atom. The van der Waals surface area contributed by atoms with Gasteiger partial charge in [0.1, 0.15) is 0 Å². The lowest BCUT2D eigenvalue weighted by molar-refractivity contribution is 0.0298. The highest BCUT2D eigenvalue weighted by Gasteiger charge is 2.28. The van der Waals surface area contributed by atoms with Gasteiger partial charge >= 0.3 is 0 Å². The maximum Gasteiger partial charge on any atom is 0.255 e. The van der Waals surface area contributed by atoms with Crippen molar-refractivity contribution < 1.29 is 9.90 Å². The minimum Gasteiger partial charge on any atom is -0.393 e. The van der Waals surface area contributed by atoms with Gasteiger partial charge < -0.3 is 15.3 Å². The summed E-state index contributed by atoms with van der Waals surface area (Å²) in [5.74, 6) is 0.198. The number of likely N-dealkylation sites (tertiary alicyclic amines) is 1. The van der Waals surface area contributed by atoms with Crippen LogP contribution < -0.4 is 5.32 Å². The molecule has 2 unspecified atom stereocenters. The van der Waals surface area contributed by atoms with Gasteiger partial charge in [-0.05, 0) is 38.3 Å². The largest absolute Gasteiger partial charge is 0.393 e. The predicted molar refractivity (Wildman–Crippen MR) is 81.0 cm³/mol. The van der Waals surface area contributed by atoms with Crippen LogP contribution in [-0.2, 0) is 0 Å². The lowest BCUT2D eigenvalue weighted by atomic mass is 9.96. The number of amides is 1. The van der Waals surface area contributed by atoms with E-state index in [1.54, 1.807) is 0 Å². The number of aryl methyl sites for hydroxylation is 1. The van der Waals surface area contributed by atoms with Crippen molar-refractivity contribution in [1.82, 2.24) is 4.90 Å². The van der Waals surface area contributed by atoms with Crippen molar-refractivity contribution in [3.05, 3.63) is 29.3 Å². The average molecular weight is 276 g/mol. The van der Waals surface area contributed by atoms with Gasteiger partial charge in [0.25, 0.3) is 5.91 Å². The van der Waals surface area contributed by atoms with Gasteiger partial charge in [0.2, 0.25) is 0 Å².